The number of aliphatic hydroxyl groups is 1. The molecule has 2 N–H and O–H groups in total. The normalized spacial score (nSPS) is 14.1. The van der Waals surface area contributed by atoms with Crippen molar-refractivity contribution in [1.82, 2.24) is 5.32 Å². The monoisotopic (exact) mass is 257 g/mol. The van der Waals surface area contributed by atoms with E-state index in [1.165, 1.54) is 0 Å². The number of fused-ring (bicyclic) bond motifs is 1. The standard InChI is InChI=1S/C16H19NO2/c1-11(10-18)12(2)17-16(19)15-8-7-13-5-3-4-6-14(13)9-15/h3-9,11-12,18H,10H2,1-2H3,(H,17,19). The van der Waals surface area contributed by atoms with Gasteiger partial charge in [-0.1, -0.05) is 37.3 Å². The van der Waals surface area contributed by atoms with E-state index in [4.69, 9.17) is 5.11 Å². The van der Waals surface area contributed by atoms with Crippen molar-refractivity contribution in [3.63, 3.8) is 0 Å². The fourth-order valence-electron chi connectivity index (χ4n) is 1.92. The van der Waals surface area contributed by atoms with Crippen LogP contribution in [0.2, 0.25) is 0 Å². The van der Waals surface area contributed by atoms with Crippen molar-refractivity contribution in [2.24, 2.45) is 5.92 Å². The number of rotatable bonds is 4. The largest absolute Gasteiger partial charge is 0.396 e. The number of hydrogen-bond donors (Lipinski definition) is 2. The summed E-state index contributed by atoms with van der Waals surface area (Å²) in [5.74, 6) is -0.0528. The first-order chi connectivity index (χ1) is 9.11. The number of carbonyl (C=O) groups is 1. The van der Waals surface area contributed by atoms with Gasteiger partial charge in [-0.25, -0.2) is 0 Å². The molecule has 2 atom stereocenters. The zero-order valence-electron chi connectivity index (χ0n) is 11.3. The summed E-state index contributed by atoms with van der Waals surface area (Å²) in [6.45, 7) is 3.88. The van der Waals surface area contributed by atoms with E-state index in [1.807, 2.05) is 56.3 Å². The second-order valence-corrected chi connectivity index (χ2v) is 4.98. The van der Waals surface area contributed by atoms with E-state index in [0.717, 1.165) is 10.8 Å². The van der Waals surface area contributed by atoms with Crippen LogP contribution in [-0.2, 0) is 0 Å². The molecule has 0 fully saturated rings. The highest BCUT2D eigenvalue weighted by atomic mass is 16.3. The van der Waals surface area contributed by atoms with Crippen LogP contribution in [0.3, 0.4) is 0 Å². The molecule has 0 saturated heterocycles. The Bertz CT molecular complexity index is 580. The quantitative estimate of drug-likeness (QED) is 0.884. The van der Waals surface area contributed by atoms with Crippen molar-refractivity contribution in [1.29, 1.82) is 0 Å². The first-order valence-corrected chi connectivity index (χ1v) is 6.52. The molecule has 2 rings (SSSR count). The van der Waals surface area contributed by atoms with Gasteiger partial charge in [0, 0.05) is 18.2 Å². The molecule has 2 aromatic carbocycles. The van der Waals surface area contributed by atoms with Crippen LogP contribution < -0.4 is 5.32 Å². The highest BCUT2D eigenvalue weighted by Gasteiger charge is 2.15. The average Bonchev–Trinajstić information content (AvgIpc) is 2.45. The summed E-state index contributed by atoms with van der Waals surface area (Å²) in [7, 11) is 0. The van der Waals surface area contributed by atoms with Crippen LogP contribution >= 0.6 is 0 Å². The predicted octanol–water partition coefficient (Wildman–Crippen LogP) is 2.59. The molecule has 0 bridgehead atoms. The maximum Gasteiger partial charge on any atom is 0.251 e. The van der Waals surface area contributed by atoms with Crippen molar-refractivity contribution in [3.05, 3.63) is 48.0 Å². The van der Waals surface area contributed by atoms with Gasteiger partial charge < -0.3 is 10.4 Å². The molecule has 2 unspecified atom stereocenters. The number of hydrogen-bond acceptors (Lipinski definition) is 2. The number of amides is 1. The van der Waals surface area contributed by atoms with E-state index in [2.05, 4.69) is 5.32 Å². The fourth-order valence-corrected chi connectivity index (χ4v) is 1.92. The van der Waals surface area contributed by atoms with Gasteiger partial charge in [0.15, 0.2) is 0 Å². The van der Waals surface area contributed by atoms with Gasteiger partial charge in [0.1, 0.15) is 0 Å². The molecule has 19 heavy (non-hydrogen) atoms. The Labute approximate surface area is 113 Å². The predicted molar refractivity (Wildman–Crippen MR) is 77.1 cm³/mol. The smallest absolute Gasteiger partial charge is 0.251 e. The Morgan fingerprint density at radius 1 is 1.16 bits per heavy atom. The molecule has 0 heterocycles. The molecule has 0 aliphatic carbocycles. The summed E-state index contributed by atoms with van der Waals surface area (Å²) < 4.78 is 0. The molecule has 3 heteroatoms. The number of aliphatic hydroxyl groups excluding tert-OH is 1. The zero-order valence-corrected chi connectivity index (χ0v) is 11.3. The highest BCUT2D eigenvalue weighted by molar-refractivity contribution is 5.98. The van der Waals surface area contributed by atoms with Gasteiger partial charge in [0.2, 0.25) is 0 Å². The Balaban J connectivity index is 2.17. The zero-order chi connectivity index (χ0) is 13.8. The van der Waals surface area contributed by atoms with Gasteiger partial charge in [0.25, 0.3) is 5.91 Å². The molecule has 0 aromatic heterocycles. The van der Waals surface area contributed by atoms with Crippen LogP contribution in [0, 0.1) is 5.92 Å². The van der Waals surface area contributed by atoms with E-state index in [0.29, 0.717) is 5.56 Å². The molecular formula is C16H19NO2. The van der Waals surface area contributed by atoms with Gasteiger partial charge in [-0.3, -0.25) is 4.79 Å². The summed E-state index contributed by atoms with van der Waals surface area (Å²) in [6, 6.07) is 13.6. The molecule has 100 valence electrons. The fraction of sp³-hybridized carbons (Fsp3) is 0.312. The lowest BCUT2D eigenvalue weighted by Crippen LogP contribution is -2.38. The van der Waals surface area contributed by atoms with Gasteiger partial charge >= 0.3 is 0 Å². The minimum Gasteiger partial charge on any atom is -0.396 e. The molecule has 0 radical (unpaired) electrons. The van der Waals surface area contributed by atoms with E-state index in [1.54, 1.807) is 0 Å². The third-order valence-electron chi connectivity index (χ3n) is 3.51. The van der Waals surface area contributed by atoms with E-state index < -0.39 is 0 Å². The number of benzene rings is 2. The first-order valence-electron chi connectivity index (χ1n) is 6.52. The Morgan fingerprint density at radius 3 is 2.53 bits per heavy atom. The van der Waals surface area contributed by atoms with Crippen molar-refractivity contribution in [3.8, 4) is 0 Å². The Morgan fingerprint density at radius 2 is 1.84 bits per heavy atom. The van der Waals surface area contributed by atoms with Crippen molar-refractivity contribution < 1.29 is 9.90 Å². The molecule has 0 aliphatic rings. The number of nitrogens with one attached hydrogen (secondary N) is 1. The third-order valence-corrected chi connectivity index (χ3v) is 3.51. The minimum atomic E-state index is -0.0986. The number of carbonyl (C=O) groups excluding carboxylic acids is 1. The van der Waals surface area contributed by atoms with Crippen LogP contribution in [0.25, 0.3) is 10.8 Å². The van der Waals surface area contributed by atoms with E-state index in [-0.39, 0.29) is 24.5 Å². The second kappa shape index (κ2) is 5.85. The first kappa shape index (κ1) is 13.6. The lowest BCUT2D eigenvalue weighted by molar-refractivity contribution is 0.0916. The van der Waals surface area contributed by atoms with Gasteiger partial charge in [-0.2, -0.15) is 0 Å². The van der Waals surface area contributed by atoms with Crippen LogP contribution in [0.1, 0.15) is 24.2 Å². The lowest BCUT2D eigenvalue weighted by atomic mass is 10.0. The molecule has 0 aliphatic heterocycles. The molecular weight excluding hydrogens is 238 g/mol. The molecule has 2 aromatic rings. The third kappa shape index (κ3) is 3.12. The van der Waals surface area contributed by atoms with Crippen LogP contribution in [-0.4, -0.2) is 23.7 Å². The van der Waals surface area contributed by atoms with Crippen molar-refractivity contribution in [2.75, 3.05) is 6.61 Å². The summed E-state index contributed by atoms with van der Waals surface area (Å²) in [5.41, 5.74) is 0.649. The van der Waals surface area contributed by atoms with Gasteiger partial charge in [-0.05, 0) is 35.7 Å². The molecule has 0 spiro atoms. The molecule has 0 saturated carbocycles. The summed E-state index contributed by atoms with van der Waals surface area (Å²) in [4.78, 5) is 12.1. The topological polar surface area (TPSA) is 49.3 Å². The SMILES string of the molecule is CC(CO)C(C)NC(=O)c1ccc2ccccc2c1. The molecule has 1 amide bonds. The summed E-state index contributed by atoms with van der Waals surface area (Å²) in [5, 5.41) is 14.2. The summed E-state index contributed by atoms with van der Waals surface area (Å²) in [6.07, 6.45) is 0. The highest BCUT2D eigenvalue weighted by Crippen LogP contribution is 2.16. The van der Waals surface area contributed by atoms with Gasteiger partial charge in [0.05, 0.1) is 0 Å². The Kier molecular flexibility index (Phi) is 4.17. The van der Waals surface area contributed by atoms with Crippen LogP contribution in [0.4, 0.5) is 0 Å². The van der Waals surface area contributed by atoms with E-state index in [9.17, 15) is 4.79 Å². The second-order valence-electron chi connectivity index (χ2n) is 4.98. The van der Waals surface area contributed by atoms with Crippen molar-refractivity contribution in [2.45, 2.75) is 19.9 Å². The summed E-state index contributed by atoms with van der Waals surface area (Å²) >= 11 is 0. The molecule has 3 nitrogen and oxygen atoms in total. The van der Waals surface area contributed by atoms with Gasteiger partial charge in [-0.15, -0.1) is 0 Å². The maximum atomic E-state index is 12.1. The van der Waals surface area contributed by atoms with Crippen LogP contribution in [0.5, 0.6) is 0 Å². The Hall–Kier alpha value is -1.87. The van der Waals surface area contributed by atoms with E-state index >= 15 is 0 Å². The lowest BCUT2D eigenvalue weighted by Gasteiger charge is -2.19. The maximum absolute atomic E-state index is 12.1. The van der Waals surface area contributed by atoms with Crippen molar-refractivity contribution >= 4 is 16.7 Å². The minimum absolute atomic E-state index is 0.0457. The van der Waals surface area contributed by atoms with Crippen LogP contribution in [0.15, 0.2) is 42.5 Å². The average molecular weight is 257 g/mol.